The van der Waals surface area contributed by atoms with E-state index in [0.717, 1.165) is 0 Å². The van der Waals surface area contributed by atoms with E-state index in [2.05, 4.69) is 0 Å². The molecule has 0 aliphatic rings. The first-order valence-electron chi connectivity index (χ1n) is 4.19. The number of fused-ring (bicyclic) bond motifs is 1. The number of benzene rings is 2. The lowest BCUT2D eigenvalue weighted by atomic mass is 10.1. The van der Waals surface area contributed by atoms with Gasteiger partial charge in [0.2, 0.25) is 5.75 Å². The lowest BCUT2D eigenvalue weighted by Gasteiger charge is -2.03. The van der Waals surface area contributed by atoms with Crippen molar-refractivity contribution in [2.45, 2.75) is 0 Å². The molecule has 2 rings (SSSR count). The quantitative estimate of drug-likeness (QED) is 0.424. The van der Waals surface area contributed by atoms with E-state index in [1.54, 1.807) is 18.2 Å². The van der Waals surface area contributed by atoms with E-state index < -0.39 is 22.1 Å². The Morgan fingerprint density at radius 1 is 1.20 bits per heavy atom. The minimum Gasteiger partial charge on any atom is -0.504 e. The Morgan fingerprint density at radius 2 is 1.87 bits per heavy atom. The number of nitrogens with zero attached hydrogens (tertiary/aromatic N) is 1. The third kappa shape index (κ3) is 1.34. The molecule has 2 aromatic rings. The molecular weight excluding hydrogens is 198 g/mol. The molecule has 0 amide bonds. The van der Waals surface area contributed by atoms with Gasteiger partial charge in [-0.3, -0.25) is 10.1 Å². The molecule has 0 fully saturated rings. The van der Waals surface area contributed by atoms with E-state index in [1.807, 2.05) is 0 Å². The Bertz CT molecular complexity index is 550. The molecule has 0 aliphatic heterocycles. The highest BCUT2D eigenvalue weighted by atomic mass is 16.6. The van der Waals surface area contributed by atoms with Gasteiger partial charge in [0.1, 0.15) is 0 Å². The highest BCUT2D eigenvalue weighted by molar-refractivity contribution is 5.95. The van der Waals surface area contributed by atoms with E-state index in [1.165, 1.54) is 12.1 Å². The summed E-state index contributed by atoms with van der Waals surface area (Å²) in [4.78, 5) is 10.0. The Morgan fingerprint density at radius 3 is 2.53 bits per heavy atom. The van der Waals surface area contributed by atoms with Crippen LogP contribution in [0.2, 0.25) is 0 Å². The maximum absolute atomic E-state index is 10.7. The third-order valence-corrected chi connectivity index (χ3v) is 2.16. The number of hydrogen-bond donors (Lipinski definition) is 2. The smallest absolute Gasteiger partial charge is 0.322 e. The predicted molar refractivity (Wildman–Crippen MR) is 53.9 cm³/mol. The first-order chi connectivity index (χ1) is 7.11. The van der Waals surface area contributed by atoms with Gasteiger partial charge in [0.05, 0.1) is 10.3 Å². The van der Waals surface area contributed by atoms with Crippen molar-refractivity contribution in [2.75, 3.05) is 0 Å². The summed E-state index contributed by atoms with van der Waals surface area (Å²) in [6, 6.07) is 7.76. The van der Waals surface area contributed by atoms with Crippen LogP contribution in [0.3, 0.4) is 0 Å². The largest absolute Gasteiger partial charge is 0.504 e. The molecule has 76 valence electrons. The van der Waals surface area contributed by atoms with Gasteiger partial charge in [0.15, 0.2) is 5.75 Å². The molecule has 0 bridgehead atoms. The van der Waals surface area contributed by atoms with Gasteiger partial charge in [-0.05, 0) is 17.5 Å². The zero-order chi connectivity index (χ0) is 11.0. The van der Waals surface area contributed by atoms with Crippen LogP contribution in [0.4, 0.5) is 5.69 Å². The van der Waals surface area contributed by atoms with Gasteiger partial charge < -0.3 is 10.2 Å². The van der Waals surface area contributed by atoms with Gasteiger partial charge in [0.25, 0.3) is 0 Å². The van der Waals surface area contributed by atoms with Gasteiger partial charge in [-0.25, -0.2) is 0 Å². The molecule has 0 heterocycles. The minimum atomic E-state index is -0.711. The third-order valence-electron chi connectivity index (χ3n) is 2.16. The second kappa shape index (κ2) is 3.13. The number of aromatic hydroxyl groups is 2. The van der Waals surface area contributed by atoms with Crippen molar-refractivity contribution >= 4 is 16.5 Å². The second-order valence-corrected chi connectivity index (χ2v) is 3.07. The van der Waals surface area contributed by atoms with Crippen LogP contribution in [-0.2, 0) is 0 Å². The number of phenolic OH excluding ortho intramolecular Hbond substituents is 2. The number of hydrogen-bond acceptors (Lipinski definition) is 4. The molecule has 2 N–H and O–H groups in total. The topological polar surface area (TPSA) is 83.6 Å². The van der Waals surface area contributed by atoms with Crippen LogP contribution in [0.5, 0.6) is 11.5 Å². The molecule has 2 aromatic carbocycles. The van der Waals surface area contributed by atoms with Crippen molar-refractivity contribution in [1.82, 2.24) is 0 Å². The first kappa shape index (κ1) is 9.26. The van der Waals surface area contributed by atoms with Gasteiger partial charge in [0, 0.05) is 0 Å². The second-order valence-electron chi connectivity index (χ2n) is 3.07. The fraction of sp³-hybridized carbons (Fsp3) is 0. The molecule has 0 radical (unpaired) electrons. The van der Waals surface area contributed by atoms with Crippen molar-refractivity contribution in [1.29, 1.82) is 0 Å². The summed E-state index contributed by atoms with van der Waals surface area (Å²) in [5.41, 5.74) is -0.467. The molecule has 0 spiro atoms. The molecule has 0 saturated carbocycles. The number of phenols is 2. The number of nitro benzene ring substituents is 1. The zero-order valence-corrected chi connectivity index (χ0v) is 7.54. The first-order valence-corrected chi connectivity index (χ1v) is 4.19. The van der Waals surface area contributed by atoms with Crippen LogP contribution >= 0.6 is 0 Å². The summed E-state index contributed by atoms with van der Waals surface area (Å²) in [6.45, 7) is 0. The van der Waals surface area contributed by atoms with E-state index in [0.29, 0.717) is 10.8 Å². The van der Waals surface area contributed by atoms with Crippen LogP contribution in [0.15, 0.2) is 30.3 Å². The molecular formula is C10H7NO4. The fourth-order valence-corrected chi connectivity index (χ4v) is 1.49. The number of rotatable bonds is 1. The standard InChI is InChI=1S/C10H7NO4/c12-8-5-6-3-1-2-4-7(6)9(10(8)13)11(14)15/h1-5,12-13H. The molecule has 0 aromatic heterocycles. The van der Waals surface area contributed by atoms with Gasteiger partial charge in [-0.15, -0.1) is 0 Å². The van der Waals surface area contributed by atoms with Crippen LogP contribution < -0.4 is 0 Å². The summed E-state index contributed by atoms with van der Waals surface area (Å²) in [5.74, 6) is -1.18. The van der Waals surface area contributed by atoms with Crippen LogP contribution in [0, 0.1) is 10.1 Å². The Labute approximate surface area is 84.4 Å². The lowest BCUT2D eigenvalue weighted by molar-refractivity contribution is -0.384. The predicted octanol–water partition coefficient (Wildman–Crippen LogP) is 2.16. The summed E-state index contributed by atoms with van der Waals surface area (Å²) in [7, 11) is 0. The summed E-state index contributed by atoms with van der Waals surface area (Å²) >= 11 is 0. The Balaban J connectivity index is 2.95. The van der Waals surface area contributed by atoms with E-state index in [4.69, 9.17) is 0 Å². The summed E-state index contributed by atoms with van der Waals surface area (Å²) in [5, 5.41) is 30.2. The van der Waals surface area contributed by atoms with Crippen molar-refractivity contribution in [3.8, 4) is 11.5 Å². The fourth-order valence-electron chi connectivity index (χ4n) is 1.49. The Hall–Kier alpha value is -2.30. The molecule has 5 nitrogen and oxygen atoms in total. The highest BCUT2D eigenvalue weighted by Crippen LogP contribution is 2.41. The maximum Gasteiger partial charge on any atom is 0.322 e. The van der Waals surface area contributed by atoms with Crippen molar-refractivity contribution in [3.63, 3.8) is 0 Å². The SMILES string of the molecule is O=[N+]([O-])c1c(O)c(O)cc2ccccc12. The van der Waals surface area contributed by atoms with Crippen LogP contribution in [0.25, 0.3) is 10.8 Å². The Kier molecular flexibility index (Phi) is 1.93. The molecule has 5 heteroatoms. The van der Waals surface area contributed by atoms with Crippen molar-refractivity contribution in [2.24, 2.45) is 0 Å². The highest BCUT2D eigenvalue weighted by Gasteiger charge is 2.21. The number of nitro groups is 1. The minimum absolute atomic E-state index is 0.304. The maximum atomic E-state index is 10.7. The van der Waals surface area contributed by atoms with E-state index >= 15 is 0 Å². The molecule has 0 unspecified atom stereocenters. The summed E-state index contributed by atoms with van der Waals surface area (Å²) in [6.07, 6.45) is 0. The average molecular weight is 205 g/mol. The monoisotopic (exact) mass is 205 g/mol. The van der Waals surface area contributed by atoms with E-state index in [9.17, 15) is 20.3 Å². The van der Waals surface area contributed by atoms with Gasteiger partial charge in [-0.1, -0.05) is 18.2 Å². The van der Waals surface area contributed by atoms with Crippen molar-refractivity contribution in [3.05, 3.63) is 40.4 Å². The van der Waals surface area contributed by atoms with Crippen LogP contribution in [-0.4, -0.2) is 15.1 Å². The summed E-state index contributed by atoms with van der Waals surface area (Å²) < 4.78 is 0. The zero-order valence-electron chi connectivity index (χ0n) is 7.54. The van der Waals surface area contributed by atoms with Crippen LogP contribution in [0.1, 0.15) is 0 Å². The molecule has 15 heavy (non-hydrogen) atoms. The van der Waals surface area contributed by atoms with E-state index in [-0.39, 0.29) is 0 Å². The average Bonchev–Trinajstić information content (AvgIpc) is 2.19. The van der Waals surface area contributed by atoms with Crippen molar-refractivity contribution < 1.29 is 15.1 Å². The lowest BCUT2D eigenvalue weighted by Crippen LogP contribution is -1.90. The van der Waals surface area contributed by atoms with Gasteiger partial charge in [-0.2, -0.15) is 0 Å². The van der Waals surface area contributed by atoms with Gasteiger partial charge >= 0.3 is 5.69 Å². The normalized spacial score (nSPS) is 10.4. The molecule has 0 atom stereocenters. The molecule has 0 aliphatic carbocycles. The molecule has 0 saturated heterocycles.